The topological polar surface area (TPSA) is 68.3 Å². The van der Waals surface area contributed by atoms with Crippen molar-refractivity contribution in [3.63, 3.8) is 0 Å². The highest BCUT2D eigenvalue weighted by Crippen LogP contribution is 2.19. The van der Waals surface area contributed by atoms with Gasteiger partial charge in [0.25, 0.3) is 0 Å². The zero-order chi connectivity index (χ0) is 29.2. The summed E-state index contributed by atoms with van der Waals surface area (Å²) in [5, 5.41) is 0. The van der Waals surface area contributed by atoms with Crippen LogP contribution in [0.2, 0.25) is 0 Å². The van der Waals surface area contributed by atoms with Gasteiger partial charge in [0.1, 0.15) is 5.75 Å². The van der Waals surface area contributed by atoms with Crippen LogP contribution < -0.4 is 4.74 Å². The van der Waals surface area contributed by atoms with Crippen LogP contribution in [0, 0.1) is 6.92 Å². The Hall–Kier alpha value is -2.72. The lowest BCUT2D eigenvalue weighted by Crippen LogP contribution is -2.43. The van der Waals surface area contributed by atoms with Crippen LogP contribution in [0.25, 0.3) is 0 Å². The monoisotopic (exact) mass is 574 g/mol. The minimum Gasteiger partial charge on any atom is -0.496 e. The largest absolute Gasteiger partial charge is 0.496 e. The minimum atomic E-state index is -0.163. The standard InChI is InChI=1S/C13H15NO3S.C13H15NO2S.2C2H6/c1-16-11-5-3-2-4-10(11)12(15)13(18)14-6-8-17-9-7-14;1-10-4-2-3-5-11(10)12(15)13(17)14-6-8-16-9-7-14;2*1-2/h2-5H,6-9H2,1H3;2-5H,6-9H2,1H3;2*1-2H3. The van der Waals surface area contributed by atoms with E-state index in [1.807, 2.05) is 74.8 Å². The highest BCUT2D eigenvalue weighted by molar-refractivity contribution is 7.82. The van der Waals surface area contributed by atoms with Gasteiger partial charge >= 0.3 is 0 Å². The summed E-state index contributed by atoms with van der Waals surface area (Å²) in [6.07, 6.45) is 0. The number of carbonyl (C=O) groups is 2. The van der Waals surface area contributed by atoms with Gasteiger partial charge in [-0.3, -0.25) is 9.59 Å². The van der Waals surface area contributed by atoms with Gasteiger partial charge in [-0.15, -0.1) is 0 Å². The first kappa shape index (κ1) is 34.3. The Kier molecular flexibility index (Phi) is 17.0. The molecule has 2 aliphatic heterocycles. The van der Waals surface area contributed by atoms with Gasteiger partial charge in [-0.25, -0.2) is 0 Å². The van der Waals surface area contributed by atoms with E-state index in [0.29, 0.717) is 79.5 Å². The van der Waals surface area contributed by atoms with Gasteiger partial charge in [0.15, 0.2) is 9.98 Å². The summed E-state index contributed by atoms with van der Waals surface area (Å²) < 4.78 is 15.7. The molecule has 2 aromatic carbocycles. The maximum absolute atomic E-state index is 12.3. The fourth-order valence-electron chi connectivity index (χ4n) is 3.71. The van der Waals surface area contributed by atoms with Gasteiger partial charge in [0.2, 0.25) is 11.6 Å². The quantitative estimate of drug-likeness (QED) is 0.344. The number of carbonyl (C=O) groups excluding carboxylic acids is 2. The second-order valence-electron chi connectivity index (χ2n) is 7.98. The Morgan fingerprint density at radius 2 is 1.08 bits per heavy atom. The number of nitrogens with zero attached hydrogens (tertiary/aromatic N) is 2. The van der Waals surface area contributed by atoms with Crippen molar-refractivity contribution in [2.75, 3.05) is 59.7 Å². The molecule has 2 saturated heterocycles. The van der Waals surface area contributed by atoms with Crippen molar-refractivity contribution < 1.29 is 23.8 Å². The fraction of sp³-hybridized carbons (Fsp3) is 0.467. The summed E-state index contributed by atoms with van der Waals surface area (Å²) >= 11 is 10.5. The molecule has 214 valence electrons. The maximum Gasteiger partial charge on any atom is 0.223 e. The van der Waals surface area contributed by atoms with E-state index in [4.69, 9.17) is 38.6 Å². The summed E-state index contributed by atoms with van der Waals surface area (Å²) in [7, 11) is 1.55. The SMILES string of the molecule is CC.CC.COc1ccccc1C(=O)C(=S)N1CCOCC1.Cc1ccccc1C(=O)C(=S)N1CCOCC1. The van der Waals surface area contributed by atoms with Crippen molar-refractivity contribution in [2.24, 2.45) is 0 Å². The minimum absolute atomic E-state index is 0.0556. The fourth-order valence-corrected chi connectivity index (χ4v) is 4.30. The van der Waals surface area contributed by atoms with E-state index < -0.39 is 0 Å². The summed E-state index contributed by atoms with van der Waals surface area (Å²) in [4.78, 5) is 29.1. The highest BCUT2D eigenvalue weighted by Gasteiger charge is 2.23. The number of thiocarbonyl (C=S) groups is 2. The number of hydrogen-bond acceptors (Lipinski definition) is 7. The average molecular weight is 575 g/mol. The Bertz CT molecular complexity index is 1060. The normalized spacial score (nSPS) is 14.2. The van der Waals surface area contributed by atoms with Crippen LogP contribution in [0.3, 0.4) is 0 Å². The van der Waals surface area contributed by atoms with E-state index in [1.165, 1.54) is 0 Å². The lowest BCUT2D eigenvalue weighted by atomic mass is 10.0. The van der Waals surface area contributed by atoms with E-state index in [9.17, 15) is 9.59 Å². The molecule has 0 aliphatic carbocycles. The van der Waals surface area contributed by atoms with Crippen LogP contribution in [0.15, 0.2) is 48.5 Å². The molecular formula is C30H42N2O5S2. The van der Waals surface area contributed by atoms with Crippen molar-refractivity contribution in [1.82, 2.24) is 9.80 Å². The molecule has 0 atom stereocenters. The molecule has 4 rings (SSSR count). The van der Waals surface area contributed by atoms with Crippen LogP contribution >= 0.6 is 24.4 Å². The average Bonchev–Trinajstić information content (AvgIpc) is 3.03. The van der Waals surface area contributed by atoms with Gasteiger partial charge in [-0.1, -0.05) is 88.5 Å². The van der Waals surface area contributed by atoms with Crippen molar-refractivity contribution in [1.29, 1.82) is 0 Å². The number of morpholine rings is 2. The first-order valence-electron chi connectivity index (χ1n) is 13.5. The van der Waals surface area contributed by atoms with Crippen LogP contribution in [-0.2, 0) is 9.47 Å². The number of rotatable bonds is 5. The molecular weight excluding hydrogens is 532 g/mol. The third-order valence-corrected chi connectivity index (χ3v) is 6.61. The Morgan fingerprint density at radius 3 is 1.51 bits per heavy atom. The predicted octanol–water partition coefficient (Wildman–Crippen LogP) is 5.43. The maximum atomic E-state index is 12.3. The van der Waals surface area contributed by atoms with Gasteiger partial charge in [0, 0.05) is 31.7 Å². The third-order valence-electron chi connectivity index (χ3n) is 5.73. The second kappa shape index (κ2) is 19.4. The Balaban J connectivity index is 0.000000347. The summed E-state index contributed by atoms with van der Waals surface area (Å²) in [5.41, 5.74) is 2.17. The molecule has 2 aliphatic rings. The molecule has 0 amide bonds. The molecule has 39 heavy (non-hydrogen) atoms. The molecule has 7 nitrogen and oxygen atoms in total. The molecule has 2 fully saturated rings. The molecule has 2 heterocycles. The Labute approximate surface area is 244 Å². The number of para-hydroxylation sites is 1. The Morgan fingerprint density at radius 1 is 0.692 bits per heavy atom. The lowest BCUT2D eigenvalue weighted by Gasteiger charge is -2.28. The molecule has 0 N–H and O–H groups in total. The van der Waals surface area contributed by atoms with Crippen molar-refractivity contribution in [2.45, 2.75) is 34.6 Å². The van der Waals surface area contributed by atoms with Crippen LogP contribution in [-0.4, -0.2) is 91.1 Å². The molecule has 0 bridgehead atoms. The first-order valence-corrected chi connectivity index (χ1v) is 14.3. The van der Waals surface area contributed by atoms with Gasteiger partial charge < -0.3 is 24.0 Å². The molecule has 0 aromatic heterocycles. The number of Topliss-reactive ketones (excluding diaryl/α,β-unsaturated/α-hetero) is 2. The second-order valence-corrected chi connectivity index (χ2v) is 8.76. The number of hydrogen-bond donors (Lipinski definition) is 0. The van der Waals surface area contributed by atoms with E-state index in [1.54, 1.807) is 25.3 Å². The number of methoxy groups -OCH3 is 1. The first-order chi connectivity index (χ1) is 18.9. The molecule has 9 heteroatoms. The molecule has 0 radical (unpaired) electrons. The van der Waals surface area contributed by atoms with Crippen molar-refractivity contribution >= 4 is 46.0 Å². The van der Waals surface area contributed by atoms with Crippen molar-refractivity contribution in [3.8, 4) is 5.75 Å². The summed E-state index contributed by atoms with van der Waals surface area (Å²) in [6.45, 7) is 15.2. The molecule has 0 unspecified atom stereocenters. The molecule has 0 spiro atoms. The number of benzene rings is 2. The predicted molar refractivity (Wildman–Crippen MR) is 166 cm³/mol. The zero-order valence-corrected chi connectivity index (χ0v) is 25.7. The lowest BCUT2D eigenvalue weighted by molar-refractivity contribution is 0.0668. The van der Waals surface area contributed by atoms with E-state index in [-0.39, 0.29) is 11.6 Å². The number of aryl methyl sites for hydroxylation is 1. The van der Waals surface area contributed by atoms with Gasteiger partial charge in [-0.2, -0.15) is 0 Å². The van der Waals surface area contributed by atoms with Crippen molar-refractivity contribution in [3.05, 3.63) is 65.2 Å². The summed E-state index contributed by atoms with van der Waals surface area (Å²) in [6, 6.07) is 14.7. The number of ketones is 2. The highest BCUT2D eigenvalue weighted by atomic mass is 32.1. The van der Waals surface area contributed by atoms with E-state index >= 15 is 0 Å². The van der Waals surface area contributed by atoms with Gasteiger partial charge in [0.05, 0.1) is 39.1 Å². The number of ether oxygens (including phenoxy) is 3. The smallest absolute Gasteiger partial charge is 0.223 e. The van der Waals surface area contributed by atoms with E-state index in [0.717, 1.165) is 5.56 Å². The van der Waals surface area contributed by atoms with E-state index in [2.05, 4.69) is 0 Å². The molecule has 0 saturated carbocycles. The summed E-state index contributed by atoms with van der Waals surface area (Å²) in [5.74, 6) is 0.336. The van der Waals surface area contributed by atoms with Crippen LogP contribution in [0.1, 0.15) is 54.0 Å². The zero-order valence-electron chi connectivity index (χ0n) is 24.0. The third kappa shape index (κ3) is 10.4. The van der Waals surface area contributed by atoms with Crippen LogP contribution in [0.5, 0.6) is 5.75 Å². The van der Waals surface area contributed by atoms with Crippen LogP contribution in [0.4, 0.5) is 0 Å². The molecule has 2 aromatic rings. The van der Waals surface area contributed by atoms with Gasteiger partial charge in [-0.05, 0) is 24.6 Å².